The molecule has 440 valence electrons. The second-order valence-electron chi connectivity index (χ2n) is 24.3. The van der Waals surface area contributed by atoms with E-state index in [4.69, 9.17) is 14.2 Å². The first-order valence-corrected chi connectivity index (χ1v) is 31.8. The zero-order valence-corrected chi connectivity index (χ0v) is 54.0. The van der Waals surface area contributed by atoms with Gasteiger partial charge in [-0.1, -0.05) is 188 Å². The second kappa shape index (κ2) is 56.9. The smallest absolute Gasteiger partial charge is 0.0573 e. The monoisotopic (exact) mass is 1030 g/mol. The van der Waals surface area contributed by atoms with Gasteiger partial charge in [-0.2, -0.15) is 0 Å². The molecule has 0 spiro atoms. The molecule has 0 radical (unpaired) electrons. The molecule has 0 bridgehead atoms. The molecule has 2 atom stereocenters. The lowest BCUT2D eigenvalue weighted by Crippen LogP contribution is -2.41. The zero-order valence-electron chi connectivity index (χ0n) is 54.0. The highest BCUT2D eigenvalue weighted by Gasteiger charge is 2.30. The van der Waals surface area contributed by atoms with Crippen LogP contribution in [0.25, 0.3) is 0 Å². The molecule has 7 aliphatic rings. The Kier molecular flexibility index (Phi) is 61.8. The number of methoxy groups -OCH3 is 2. The van der Waals surface area contributed by atoms with Crippen LogP contribution in [0, 0.1) is 35.0 Å². The third-order valence-corrected chi connectivity index (χ3v) is 15.0. The maximum atomic E-state index is 5.30. The molecule has 7 nitrogen and oxygen atoms in total. The second-order valence-corrected chi connectivity index (χ2v) is 24.3. The molecule has 7 rings (SSSR count). The van der Waals surface area contributed by atoms with Crippen LogP contribution in [-0.2, 0) is 14.2 Å². The van der Waals surface area contributed by atoms with Gasteiger partial charge in [0.25, 0.3) is 0 Å². The number of hydrogen-bond acceptors (Lipinski definition) is 7. The summed E-state index contributed by atoms with van der Waals surface area (Å²) in [7, 11) is 7.80. The minimum atomic E-state index is 0.542. The van der Waals surface area contributed by atoms with Crippen molar-refractivity contribution in [2.45, 2.75) is 284 Å². The molecule has 1 unspecified atom stereocenters. The van der Waals surface area contributed by atoms with E-state index in [9.17, 15) is 0 Å². The van der Waals surface area contributed by atoms with Crippen LogP contribution in [0.4, 0.5) is 0 Å². The van der Waals surface area contributed by atoms with Crippen LogP contribution in [0.5, 0.6) is 0 Å². The Bertz CT molecular complexity index is 940. The highest BCUT2D eigenvalue weighted by Crippen LogP contribution is 2.30. The molecule has 0 aromatic heterocycles. The van der Waals surface area contributed by atoms with Crippen LogP contribution in [0.1, 0.15) is 272 Å². The van der Waals surface area contributed by atoms with E-state index in [-0.39, 0.29) is 0 Å². The van der Waals surface area contributed by atoms with Gasteiger partial charge in [0.1, 0.15) is 0 Å². The first-order chi connectivity index (χ1) is 34.3. The van der Waals surface area contributed by atoms with Crippen molar-refractivity contribution in [3.63, 3.8) is 0 Å². The number of likely N-dealkylation sites (tertiary alicyclic amines) is 4. The van der Waals surface area contributed by atoms with Crippen LogP contribution in [0.15, 0.2) is 0 Å². The van der Waals surface area contributed by atoms with E-state index in [1.54, 1.807) is 14.2 Å². The summed E-state index contributed by atoms with van der Waals surface area (Å²) >= 11 is 0. The summed E-state index contributed by atoms with van der Waals surface area (Å²) in [5, 5.41) is 0. The molecule has 0 aromatic carbocycles. The summed E-state index contributed by atoms with van der Waals surface area (Å²) in [6.45, 7) is 52.7. The molecule has 0 N–H and O–H groups in total. The molecule has 7 heteroatoms. The van der Waals surface area contributed by atoms with E-state index in [0.717, 1.165) is 61.9 Å². The maximum Gasteiger partial charge on any atom is 0.0573 e. The normalized spacial score (nSPS) is 21.6. The van der Waals surface area contributed by atoms with E-state index in [0.29, 0.717) is 11.5 Å². The number of hydrogen-bond donors (Lipinski definition) is 0. The van der Waals surface area contributed by atoms with Crippen molar-refractivity contribution in [1.82, 2.24) is 19.6 Å². The highest BCUT2D eigenvalue weighted by molar-refractivity contribution is 4.86. The van der Waals surface area contributed by atoms with Gasteiger partial charge in [-0.05, 0) is 172 Å². The van der Waals surface area contributed by atoms with Gasteiger partial charge in [-0.3, -0.25) is 0 Å². The fourth-order valence-electron chi connectivity index (χ4n) is 8.27. The molecule has 72 heavy (non-hydrogen) atoms. The highest BCUT2D eigenvalue weighted by atomic mass is 16.5. The van der Waals surface area contributed by atoms with E-state index in [2.05, 4.69) is 151 Å². The molecule has 2 aliphatic carbocycles. The Hall–Kier alpha value is -0.280. The lowest BCUT2D eigenvalue weighted by molar-refractivity contribution is 0.108. The Morgan fingerprint density at radius 2 is 0.986 bits per heavy atom. The van der Waals surface area contributed by atoms with Gasteiger partial charge in [-0.15, -0.1) is 0 Å². The summed E-state index contributed by atoms with van der Waals surface area (Å²) in [6.07, 6.45) is 33.3. The van der Waals surface area contributed by atoms with Crippen molar-refractivity contribution in [1.29, 1.82) is 0 Å². The number of unbranched alkanes of at least 4 members (excludes halogenated alkanes) is 4. The maximum absolute atomic E-state index is 5.30. The Morgan fingerprint density at radius 3 is 1.18 bits per heavy atom. The largest absolute Gasteiger partial charge is 0.385 e. The third kappa shape index (κ3) is 59.0. The number of nitrogens with zero attached hydrogens (tertiary/aromatic N) is 4. The lowest BCUT2D eigenvalue weighted by atomic mass is 9.84. The van der Waals surface area contributed by atoms with Gasteiger partial charge >= 0.3 is 0 Å². The standard InChI is InChI=1S/C9H17N.C8H17N.C7H15N.C6H12O.C6H12.C6H14.C5H11N.C5H12O.C5H12.C4H10O.C4H10/c1-8-4-6-10(7-5-8)9-2-3-9;1-3-9-6-4-5-8(2)7-9;1-7-3-5-8(2)6-4-7;1-2-6-4-3-5-7-6;1-2-6-4-3-5-6;1-5-6(2,3)4;1-5-3-6(2)4-5;1-3-4-5-6-2;1-3-5-4-2;1-3-4-5-2;1-3-4-2/h8-9H,2-7H2,1H3;8H,3-7H2,1-2H3;7H,3-6H2,1-2H3;6H,2-5H2,1H3;6H,2-5H2,1H3;5H2,1-4H3;5H,3-4H2,1-2H3;3-5H2,1-2H3;3-5H2,1-2H3;3-4H2,1-2H3;3-4H2,1-2H3/t;8-;;;;;;;;;/m.1........./s1. The van der Waals surface area contributed by atoms with Crippen molar-refractivity contribution in [2.75, 3.05) is 107 Å². The number of rotatable bonds is 12. The van der Waals surface area contributed by atoms with Gasteiger partial charge in [0.15, 0.2) is 0 Å². The van der Waals surface area contributed by atoms with Gasteiger partial charge in [0.2, 0.25) is 0 Å². The molecule has 0 aromatic rings. The summed E-state index contributed by atoms with van der Waals surface area (Å²) < 4.78 is 14.8. The molecule has 7 fully saturated rings. The first-order valence-electron chi connectivity index (χ1n) is 31.8. The zero-order chi connectivity index (χ0) is 55.4. The quantitative estimate of drug-likeness (QED) is 0.180. The number of ether oxygens (including phenoxy) is 3. The van der Waals surface area contributed by atoms with Gasteiger partial charge in [0, 0.05) is 59.7 Å². The van der Waals surface area contributed by atoms with Crippen molar-refractivity contribution >= 4 is 0 Å². The average Bonchev–Trinajstić information content (AvgIpc) is 4.06. The average molecular weight is 1030 g/mol. The van der Waals surface area contributed by atoms with E-state index in [1.165, 1.54) is 207 Å². The predicted molar refractivity (Wildman–Crippen MR) is 327 cm³/mol. The molecule has 5 saturated heterocycles. The topological polar surface area (TPSA) is 40.7 Å². The minimum absolute atomic E-state index is 0.542. The van der Waals surface area contributed by atoms with Crippen LogP contribution in [-0.4, -0.2) is 139 Å². The van der Waals surface area contributed by atoms with Gasteiger partial charge < -0.3 is 33.8 Å². The number of piperidine rings is 3. The summed E-state index contributed by atoms with van der Waals surface area (Å²) in [5.41, 5.74) is 0.542. The predicted octanol–water partition coefficient (Wildman–Crippen LogP) is 18.2. The van der Waals surface area contributed by atoms with Crippen molar-refractivity contribution < 1.29 is 14.2 Å². The van der Waals surface area contributed by atoms with Gasteiger partial charge in [0.05, 0.1) is 6.10 Å². The third-order valence-electron chi connectivity index (χ3n) is 15.0. The SMILES string of the molecule is CC1CCN(C)CC1.CC1CCN(C2CC2)CC1.CC1CN(C)C1.CCC(C)(C)C.CCC1CCC1.CCC1CCCO1.CCCC.CCCCC.CCCCOC.CCCOC.CCN1CCC[C@@H](C)C1. The summed E-state index contributed by atoms with van der Waals surface area (Å²) in [5.74, 6) is 5.00. The van der Waals surface area contributed by atoms with E-state index >= 15 is 0 Å². The first kappa shape index (κ1) is 78.2. The van der Waals surface area contributed by atoms with Crippen LogP contribution >= 0.6 is 0 Å². The van der Waals surface area contributed by atoms with Crippen LogP contribution in [0.2, 0.25) is 0 Å². The Labute approximate surface area is 457 Å². The Morgan fingerprint density at radius 1 is 0.472 bits per heavy atom. The minimum Gasteiger partial charge on any atom is -0.385 e. The van der Waals surface area contributed by atoms with Crippen molar-refractivity contribution in [2.24, 2.45) is 35.0 Å². The van der Waals surface area contributed by atoms with Crippen LogP contribution in [0.3, 0.4) is 0 Å². The fourth-order valence-corrected chi connectivity index (χ4v) is 8.27. The van der Waals surface area contributed by atoms with Crippen LogP contribution < -0.4 is 0 Å². The molecule has 5 heterocycles. The summed E-state index contributed by atoms with van der Waals surface area (Å²) in [6, 6.07) is 1.01. The fraction of sp³-hybridized carbons (Fsp3) is 1.00. The molecular weight excluding hydrogens is 885 g/mol. The van der Waals surface area contributed by atoms with Crippen molar-refractivity contribution in [3.05, 3.63) is 0 Å². The summed E-state index contributed by atoms with van der Waals surface area (Å²) in [4.78, 5) is 9.94. The Balaban J connectivity index is -0.000000357. The van der Waals surface area contributed by atoms with Crippen molar-refractivity contribution in [3.8, 4) is 0 Å². The lowest BCUT2D eigenvalue weighted by Gasteiger charge is -2.33. The molecule has 5 aliphatic heterocycles. The van der Waals surface area contributed by atoms with E-state index < -0.39 is 0 Å². The van der Waals surface area contributed by atoms with E-state index in [1.807, 2.05) is 0 Å². The molecule has 0 amide bonds. The molecular formula is C65H142N4O3. The van der Waals surface area contributed by atoms with Gasteiger partial charge in [-0.25, -0.2) is 0 Å². The molecule has 2 saturated carbocycles.